The van der Waals surface area contributed by atoms with Crippen LogP contribution in [0.3, 0.4) is 0 Å². The third-order valence-corrected chi connectivity index (χ3v) is 15.2. The van der Waals surface area contributed by atoms with Gasteiger partial charge in [-0.2, -0.15) is 15.0 Å². The van der Waals surface area contributed by atoms with E-state index in [-0.39, 0.29) is 54.3 Å². The Morgan fingerprint density at radius 1 is 0.517 bits per heavy atom. The predicted octanol–water partition coefficient (Wildman–Crippen LogP) is 12.4. The number of ether oxygens (including phenoxy) is 5. The van der Waals surface area contributed by atoms with Crippen molar-refractivity contribution in [3.05, 3.63) is 107 Å². The summed E-state index contributed by atoms with van der Waals surface area (Å²) in [7, 11) is 0. The van der Waals surface area contributed by atoms with Crippen LogP contribution in [0.15, 0.2) is 74.2 Å². The first kappa shape index (κ1) is 68.1. The van der Waals surface area contributed by atoms with Crippen LogP contribution in [0.4, 0.5) is 24.0 Å². The lowest BCUT2D eigenvalue weighted by Crippen LogP contribution is -2.49. The van der Waals surface area contributed by atoms with Crippen LogP contribution in [0.2, 0.25) is 0 Å². The van der Waals surface area contributed by atoms with Gasteiger partial charge in [0.25, 0.3) is 0 Å². The van der Waals surface area contributed by atoms with Crippen molar-refractivity contribution < 1.29 is 61.2 Å². The summed E-state index contributed by atoms with van der Waals surface area (Å²) in [5, 5.41) is 15.6. The molecule has 0 saturated carbocycles. The molecule has 486 valence electrons. The molecule has 2 unspecified atom stereocenters. The van der Waals surface area contributed by atoms with Gasteiger partial charge in [0.1, 0.15) is 34.9 Å². The number of benzene rings is 2. The molecule has 3 aromatic heterocycles. The number of carbonyl (C=O) groups excluding carboxylic acids is 5. The van der Waals surface area contributed by atoms with Crippen molar-refractivity contribution >= 4 is 64.6 Å². The SMILES string of the molecule is CC(C)(C)OC(=O)N1CCC[C@H]1c1nc(C2CN(C(c3ccccc3)c3ccccc3)C2)no1.CC(C)(C)OC(=O)N1CCC[C@H]1c1nc(C2CNC2)no1.CC(Cl)OC(=O)Cl.CC(Cl)OC(=O)N1CC(c2noc([C@@H]3CCCN3C(=O)OC(C)(C)C)n2)C1. The van der Waals surface area contributed by atoms with Crippen molar-refractivity contribution in [2.45, 2.75) is 185 Å². The third kappa shape index (κ3) is 19.1. The Morgan fingerprint density at radius 3 is 1.17 bits per heavy atom. The van der Waals surface area contributed by atoms with Crippen molar-refractivity contribution in [1.29, 1.82) is 0 Å². The van der Waals surface area contributed by atoms with Gasteiger partial charge in [-0.1, -0.05) is 99.3 Å². The van der Waals surface area contributed by atoms with Gasteiger partial charge >= 0.3 is 29.8 Å². The smallest absolute Gasteiger partial charge is 0.411 e. The molecule has 0 radical (unpaired) electrons. The molecule has 5 aromatic rings. The minimum absolute atomic E-state index is 0.0166. The zero-order valence-electron chi connectivity index (χ0n) is 52.4. The van der Waals surface area contributed by atoms with Gasteiger partial charge in [-0.25, -0.2) is 24.0 Å². The number of hydrogen-bond acceptors (Lipinski definition) is 21. The quantitative estimate of drug-likeness (QED) is 0.0731. The topological polar surface area (TPSA) is 276 Å². The second-order valence-electron chi connectivity index (χ2n) is 25.6. The Morgan fingerprint density at radius 2 is 0.865 bits per heavy atom. The molecule has 1 N–H and O–H groups in total. The highest BCUT2D eigenvalue weighted by Gasteiger charge is 2.43. The Bertz CT molecular complexity index is 3080. The molecule has 0 spiro atoms. The van der Waals surface area contributed by atoms with E-state index < -0.39 is 39.5 Å². The predicted molar refractivity (Wildman–Crippen MR) is 326 cm³/mol. The van der Waals surface area contributed by atoms with Gasteiger partial charge in [-0.05, 0) is 126 Å². The number of amides is 4. The Balaban J connectivity index is 0.000000167. The second-order valence-corrected chi connectivity index (χ2v) is 27.2. The van der Waals surface area contributed by atoms with Gasteiger partial charge in [0.05, 0.1) is 12.0 Å². The average Bonchev–Trinajstić information content (AvgIpc) is 1.38. The van der Waals surface area contributed by atoms with E-state index in [2.05, 4.69) is 101 Å². The van der Waals surface area contributed by atoms with Crippen molar-refractivity contribution in [1.82, 2.24) is 60.2 Å². The van der Waals surface area contributed by atoms with Crippen LogP contribution in [-0.4, -0.2) is 172 Å². The van der Waals surface area contributed by atoms with E-state index in [1.165, 1.54) is 23.0 Å². The summed E-state index contributed by atoms with van der Waals surface area (Å²) in [6, 6.07) is 20.7. The molecule has 11 rings (SSSR count). The van der Waals surface area contributed by atoms with Gasteiger partial charge < -0.3 is 47.5 Å². The highest BCUT2D eigenvalue weighted by atomic mass is 35.5. The fourth-order valence-corrected chi connectivity index (χ4v) is 11.0. The van der Waals surface area contributed by atoms with Gasteiger partial charge in [0, 0.05) is 82.3 Å². The number of aromatic nitrogens is 6. The number of alkyl halides is 2. The minimum atomic E-state index is -0.873. The molecule has 6 aliphatic rings. The standard InChI is InChI=1S/C27H32N4O3.C17H25ClN4O5.C14H22N4O3.C3H4Cl2O2/c1-27(2,3)33-26(32)31-16-10-15-22(31)25-28-24(29-34-25)21-17-30(18-21)23(19-11-6-4-7-12-19)20-13-8-5-9-14-20;1-10(18)25-15(23)21-8-11(9-21)13-19-14(27-20-13)12-6-5-7-22(12)16(24)26-17(2,3)4;1-14(2,3)20-13(19)18-6-4-5-10(18)12-16-11(17-21-12)9-7-15-8-9;1-2(4)7-3(5)6/h4-9,11-14,21-23H,10,15-18H2,1-3H3;10-12H,5-9H2,1-4H3;9-10,15H,4-8H2,1-3H3;2H,1H3/t22-;10?,12-;10-;/m000./s1. The van der Waals surface area contributed by atoms with Crippen molar-refractivity contribution in [3.8, 4) is 0 Å². The monoisotopic (exact) mass is 1300 g/mol. The lowest BCUT2D eigenvalue weighted by molar-refractivity contribution is 0.0190. The van der Waals surface area contributed by atoms with E-state index in [0.717, 1.165) is 76.4 Å². The van der Waals surface area contributed by atoms with E-state index in [1.54, 1.807) is 21.6 Å². The zero-order valence-corrected chi connectivity index (χ0v) is 54.7. The number of halogens is 3. The van der Waals surface area contributed by atoms with E-state index >= 15 is 0 Å². The summed E-state index contributed by atoms with van der Waals surface area (Å²) in [6.07, 6.45) is 3.60. The Kier molecular flexibility index (Phi) is 22.9. The molecule has 6 fully saturated rings. The first-order chi connectivity index (χ1) is 42.1. The van der Waals surface area contributed by atoms with Crippen LogP contribution >= 0.6 is 34.8 Å². The normalized spacial score (nSPS) is 20.5. The van der Waals surface area contributed by atoms with Crippen molar-refractivity contribution in [2.75, 3.05) is 58.9 Å². The Hall–Kier alpha value is -6.80. The Labute approximate surface area is 534 Å². The number of rotatable bonds is 11. The van der Waals surface area contributed by atoms with Crippen LogP contribution in [0.1, 0.15) is 203 Å². The maximum absolute atomic E-state index is 12.6. The molecule has 2 aromatic carbocycles. The van der Waals surface area contributed by atoms with E-state index in [0.29, 0.717) is 62.1 Å². The highest BCUT2D eigenvalue weighted by Crippen LogP contribution is 2.40. The van der Waals surface area contributed by atoms with Crippen molar-refractivity contribution in [3.63, 3.8) is 0 Å². The number of carbonyl (C=O) groups is 5. The first-order valence-electron chi connectivity index (χ1n) is 30.2. The van der Waals surface area contributed by atoms with Crippen molar-refractivity contribution in [2.24, 2.45) is 0 Å². The van der Waals surface area contributed by atoms with Crippen LogP contribution in [-0.2, 0) is 23.7 Å². The number of nitrogens with zero attached hydrogens (tertiary/aromatic N) is 11. The van der Waals surface area contributed by atoms with Gasteiger partial charge in [-0.15, -0.1) is 0 Å². The highest BCUT2D eigenvalue weighted by molar-refractivity contribution is 6.61. The van der Waals surface area contributed by atoms with Crippen LogP contribution < -0.4 is 5.32 Å². The fraction of sp³-hybridized carbons (Fsp3) is 0.623. The van der Waals surface area contributed by atoms with E-state index in [4.69, 9.17) is 72.3 Å². The zero-order chi connectivity index (χ0) is 64.4. The lowest BCUT2D eigenvalue weighted by Gasteiger charge is -2.43. The molecule has 89 heavy (non-hydrogen) atoms. The van der Waals surface area contributed by atoms with Gasteiger partial charge in [0.2, 0.25) is 17.7 Å². The molecule has 5 atom stereocenters. The van der Waals surface area contributed by atoms with Crippen LogP contribution in [0.5, 0.6) is 0 Å². The summed E-state index contributed by atoms with van der Waals surface area (Å²) >= 11 is 15.5. The molecule has 0 aliphatic carbocycles. The first-order valence-corrected chi connectivity index (χ1v) is 31.5. The summed E-state index contributed by atoms with van der Waals surface area (Å²) < 4.78 is 42.0. The molecule has 6 aliphatic heterocycles. The van der Waals surface area contributed by atoms with Crippen LogP contribution in [0, 0.1) is 0 Å². The second kappa shape index (κ2) is 29.9. The number of nitrogens with one attached hydrogen (secondary N) is 1. The summed E-state index contributed by atoms with van der Waals surface area (Å²) in [4.78, 5) is 81.5. The molecular weight excluding hydrogens is 1220 g/mol. The third-order valence-electron chi connectivity index (χ3n) is 14.9. The number of likely N-dealkylation sites (tertiary alicyclic amines) is 5. The summed E-state index contributed by atoms with van der Waals surface area (Å²) in [5.74, 6) is 3.97. The fourth-order valence-electron chi connectivity index (χ4n) is 10.7. The molecule has 4 amide bonds. The maximum Gasteiger partial charge on any atom is 0.411 e. The van der Waals surface area contributed by atoms with E-state index in [1.807, 2.05) is 62.3 Å². The molecule has 9 heterocycles. The lowest BCUT2D eigenvalue weighted by atomic mass is 9.90. The summed E-state index contributed by atoms with van der Waals surface area (Å²) in [5.41, 5.74) is -1.22. The molecule has 28 heteroatoms. The van der Waals surface area contributed by atoms with E-state index in [9.17, 15) is 24.0 Å². The maximum atomic E-state index is 12.6. The molecule has 0 bridgehead atoms. The van der Waals surface area contributed by atoms with Crippen LogP contribution in [0.25, 0.3) is 0 Å². The van der Waals surface area contributed by atoms with Gasteiger partial charge in [-0.3, -0.25) is 19.6 Å². The minimum Gasteiger partial charge on any atom is -0.444 e. The van der Waals surface area contributed by atoms with Gasteiger partial charge in [0.15, 0.2) is 28.6 Å². The molecular formula is C61H83Cl3N12O13. The summed E-state index contributed by atoms with van der Waals surface area (Å²) in [6.45, 7) is 26.1. The molecule has 6 saturated heterocycles. The number of hydrogen-bond donors (Lipinski definition) is 1. The molecule has 25 nitrogen and oxygen atoms in total. The largest absolute Gasteiger partial charge is 0.444 e. The average molecular weight is 1300 g/mol.